The van der Waals surface area contributed by atoms with Gasteiger partial charge in [-0.1, -0.05) is 61.7 Å². The van der Waals surface area contributed by atoms with Crippen molar-refractivity contribution in [2.45, 2.75) is 77.2 Å². The Morgan fingerprint density at radius 1 is 0.914 bits per heavy atom. The molecule has 0 unspecified atom stereocenters. The second kappa shape index (κ2) is 14.6. The molecule has 0 aromatic heterocycles. The lowest BCUT2D eigenvalue weighted by Gasteiger charge is -2.26. The minimum Gasteiger partial charge on any atom is -0.354 e. The Kier molecular flexibility index (Phi) is 11.2. The number of nitrogens with one attached hydrogen (secondary N) is 2. The number of fused-ring (bicyclic) bond motifs is 1. The summed E-state index contributed by atoms with van der Waals surface area (Å²) in [7, 11) is 0. The molecule has 1 saturated heterocycles. The molecule has 2 N–H and O–H groups in total. The average Bonchev–Trinajstić information content (AvgIpc) is 2.87. The lowest BCUT2D eigenvalue weighted by Crippen LogP contribution is -2.47. The molecule has 6 heteroatoms. The molecule has 1 atom stereocenters. The third-order valence-electron chi connectivity index (χ3n) is 6.85. The number of piperidine rings is 1. The summed E-state index contributed by atoms with van der Waals surface area (Å²) in [5.74, 6) is 0.00962. The van der Waals surface area contributed by atoms with E-state index in [9.17, 15) is 14.4 Å². The normalized spacial score (nSPS) is 15.0. The Morgan fingerprint density at radius 2 is 1.69 bits per heavy atom. The molecule has 6 nitrogen and oxygen atoms in total. The van der Waals surface area contributed by atoms with Gasteiger partial charge in [-0.2, -0.15) is 0 Å². The van der Waals surface area contributed by atoms with E-state index in [-0.39, 0.29) is 17.6 Å². The number of ketones is 1. The van der Waals surface area contributed by atoms with E-state index in [1.165, 1.54) is 35.6 Å². The van der Waals surface area contributed by atoms with Crippen LogP contribution in [0, 0.1) is 0 Å². The highest BCUT2D eigenvalue weighted by Gasteiger charge is 2.21. The second-order valence-electron chi connectivity index (χ2n) is 9.75. The van der Waals surface area contributed by atoms with E-state index in [2.05, 4.69) is 39.8 Å². The van der Waals surface area contributed by atoms with Crippen LogP contribution in [0.1, 0.15) is 70.3 Å². The van der Waals surface area contributed by atoms with E-state index in [4.69, 9.17) is 0 Å². The molecule has 0 bridgehead atoms. The van der Waals surface area contributed by atoms with Crippen LogP contribution in [0.4, 0.5) is 0 Å². The summed E-state index contributed by atoms with van der Waals surface area (Å²) in [6.07, 6.45) is 8.50. The number of carbonyl (C=O) groups is 3. The largest absolute Gasteiger partial charge is 0.354 e. The summed E-state index contributed by atoms with van der Waals surface area (Å²) in [5.41, 5.74) is 1.20. The maximum absolute atomic E-state index is 13.0. The SMILES string of the molecule is CC(=O)CCCCC[C@H](NC(=O)CCN1CCCCC1)C(=O)NCCc1cccc2ccccc12. The minimum absolute atomic E-state index is 0.0616. The molecule has 1 heterocycles. The van der Waals surface area contributed by atoms with Crippen LogP contribution in [0.5, 0.6) is 0 Å². The van der Waals surface area contributed by atoms with Crippen LogP contribution in [-0.4, -0.2) is 54.7 Å². The van der Waals surface area contributed by atoms with Crippen LogP contribution in [-0.2, 0) is 20.8 Å². The number of nitrogens with zero attached hydrogens (tertiary/aromatic N) is 1. The zero-order valence-corrected chi connectivity index (χ0v) is 21.2. The van der Waals surface area contributed by atoms with Crippen LogP contribution in [0.3, 0.4) is 0 Å². The number of amides is 2. The minimum atomic E-state index is -0.534. The predicted octanol–water partition coefficient (Wildman–Crippen LogP) is 4.40. The van der Waals surface area contributed by atoms with E-state index in [0.29, 0.717) is 25.8 Å². The Labute approximate surface area is 209 Å². The van der Waals surface area contributed by atoms with Gasteiger partial charge >= 0.3 is 0 Å². The van der Waals surface area contributed by atoms with Gasteiger partial charge in [0.1, 0.15) is 11.8 Å². The molecule has 3 rings (SSSR count). The first-order valence-corrected chi connectivity index (χ1v) is 13.3. The van der Waals surface area contributed by atoms with Gasteiger partial charge in [-0.25, -0.2) is 0 Å². The van der Waals surface area contributed by atoms with Gasteiger partial charge in [-0.05, 0) is 68.5 Å². The first kappa shape index (κ1) is 26.9. The summed E-state index contributed by atoms with van der Waals surface area (Å²) in [6.45, 7) is 5.00. The molecule has 0 radical (unpaired) electrons. The maximum Gasteiger partial charge on any atom is 0.242 e. The molecule has 2 aromatic carbocycles. The van der Waals surface area contributed by atoms with Gasteiger partial charge in [0.15, 0.2) is 0 Å². The van der Waals surface area contributed by atoms with Gasteiger partial charge in [-0.3, -0.25) is 9.59 Å². The third-order valence-corrected chi connectivity index (χ3v) is 6.85. The number of hydrogen-bond donors (Lipinski definition) is 2. The first-order valence-electron chi connectivity index (χ1n) is 13.3. The fourth-order valence-corrected chi connectivity index (χ4v) is 4.83. The van der Waals surface area contributed by atoms with Crippen molar-refractivity contribution < 1.29 is 14.4 Å². The molecule has 2 amide bonds. The Bertz CT molecular complexity index is 963. The number of benzene rings is 2. The standard InChI is InChI=1S/C29H41N3O3/c1-23(33)11-4-2-5-16-27(31-28(34)18-22-32-20-8-3-9-21-32)29(35)30-19-17-25-14-10-13-24-12-6-7-15-26(24)25/h6-7,10,12-15,27H,2-5,8-9,11,16-22H2,1H3,(H,30,35)(H,31,34)/t27-/m0/s1. The lowest BCUT2D eigenvalue weighted by molar-refractivity contribution is -0.129. The van der Waals surface area contributed by atoms with E-state index in [1.807, 2.05) is 18.2 Å². The number of rotatable bonds is 14. The van der Waals surface area contributed by atoms with E-state index in [1.54, 1.807) is 6.92 Å². The van der Waals surface area contributed by atoms with Crippen LogP contribution in [0.2, 0.25) is 0 Å². The summed E-state index contributed by atoms with van der Waals surface area (Å²) in [5, 5.41) is 8.44. The predicted molar refractivity (Wildman–Crippen MR) is 141 cm³/mol. The Balaban J connectivity index is 1.50. The molecule has 1 aliphatic heterocycles. The second-order valence-corrected chi connectivity index (χ2v) is 9.75. The first-order chi connectivity index (χ1) is 17.0. The fraction of sp³-hybridized carbons (Fsp3) is 0.552. The molecule has 0 aliphatic carbocycles. The van der Waals surface area contributed by atoms with Crippen LogP contribution in [0.15, 0.2) is 42.5 Å². The number of likely N-dealkylation sites (tertiary alicyclic amines) is 1. The average molecular weight is 480 g/mol. The van der Waals surface area contributed by atoms with Crippen LogP contribution >= 0.6 is 0 Å². The van der Waals surface area contributed by atoms with Crippen molar-refractivity contribution in [3.8, 4) is 0 Å². The summed E-state index contributed by atoms with van der Waals surface area (Å²) in [6, 6.07) is 14.0. The Morgan fingerprint density at radius 3 is 2.49 bits per heavy atom. The molecule has 0 spiro atoms. The van der Waals surface area contributed by atoms with Crippen molar-refractivity contribution >= 4 is 28.4 Å². The quantitative estimate of drug-likeness (QED) is 0.394. The zero-order valence-electron chi connectivity index (χ0n) is 21.2. The molecule has 1 fully saturated rings. The highest BCUT2D eigenvalue weighted by atomic mass is 16.2. The number of hydrogen-bond acceptors (Lipinski definition) is 4. The van der Waals surface area contributed by atoms with Gasteiger partial charge in [-0.15, -0.1) is 0 Å². The van der Waals surface area contributed by atoms with Gasteiger partial charge in [0.25, 0.3) is 0 Å². The number of carbonyl (C=O) groups excluding carboxylic acids is 3. The number of unbranched alkanes of at least 4 members (excludes halogenated alkanes) is 2. The lowest BCUT2D eigenvalue weighted by atomic mass is 10.0. The molecule has 35 heavy (non-hydrogen) atoms. The van der Waals surface area contributed by atoms with Crippen molar-refractivity contribution in [3.05, 3.63) is 48.0 Å². The maximum atomic E-state index is 13.0. The van der Waals surface area contributed by atoms with Crippen molar-refractivity contribution in [2.75, 3.05) is 26.2 Å². The van der Waals surface area contributed by atoms with Gasteiger partial charge < -0.3 is 20.3 Å². The topological polar surface area (TPSA) is 78.5 Å². The smallest absolute Gasteiger partial charge is 0.242 e. The van der Waals surface area contributed by atoms with Gasteiger partial charge in [0.05, 0.1) is 0 Å². The van der Waals surface area contributed by atoms with Crippen molar-refractivity contribution in [1.29, 1.82) is 0 Å². The molecular formula is C29H41N3O3. The zero-order chi connectivity index (χ0) is 24.9. The fourth-order valence-electron chi connectivity index (χ4n) is 4.83. The molecule has 190 valence electrons. The molecule has 2 aromatic rings. The third kappa shape index (κ3) is 9.44. The van der Waals surface area contributed by atoms with Crippen molar-refractivity contribution in [1.82, 2.24) is 15.5 Å². The van der Waals surface area contributed by atoms with E-state index in [0.717, 1.165) is 45.3 Å². The van der Waals surface area contributed by atoms with Crippen LogP contribution in [0.25, 0.3) is 10.8 Å². The number of Topliss-reactive ketones (excluding diaryl/α,β-unsaturated/α-hetero) is 1. The van der Waals surface area contributed by atoms with Crippen molar-refractivity contribution in [2.24, 2.45) is 0 Å². The molecule has 1 aliphatic rings. The van der Waals surface area contributed by atoms with E-state index < -0.39 is 6.04 Å². The van der Waals surface area contributed by atoms with Crippen LogP contribution < -0.4 is 10.6 Å². The van der Waals surface area contributed by atoms with Crippen molar-refractivity contribution in [3.63, 3.8) is 0 Å². The molecular weight excluding hydrogens is 438 g/mol. The molecule has 0 saturated carbocycles. The monoisotopic (exact) mass is 479 g/mol. The van der Waals surface area contributed by atoms with Gasteiger partial charge in [0.2, 0.25) is 11.8 Å². The highest BCUT2D eigenvalue weighted by Crippen LogP contribution is 2.18. The summed E-state index contributed by atoms with van der Waals surface area (Å²) in [4.78, 5) is 39.2. The highest BCUT2D eigenvalue weighted by molar-refractivity contribution is 5.88. The summed E-state index contributed by atoms with van der Waals surface area (Å²) >= 11 is 0. The Hall–Kier alpha value is -2.73. The summed E-state index contributed by atoms with van der Waals surface area (Å²) < 4.78 is 0. The van der Waals surface area contributed by atoms with E-state index >= 15 is 0 Å². The van der Waals surface area contributed by atoms with Gasteiger partial charge in [0, 0.05) is 25.9 Å².